The fraction of sp³-hybridized carbons (Fsp3) is 0.250. The molecule has 0 unspecified atom stereocenters. The zero-order valence-corrected chi connectivity index (χ0v) is 8.18. The monoisotopic (exact) mass is 195 g/mol. The molecule has 0 bridgehead atoms. The van der Waals surface area contributed by atoms with E-state index in [1.807, 2.05) is 17.7 Å². The molecule has 4 nitrogen and oxygen atoms in total. The summed E-state index contributed by atoms with van der Waals surface area (Å²) in [6.45, 7) is 0. The highest BCUT2D eigenvalue weighted by Gasteiger charge is 2.02. The molecular formula is C8H9N3OS. The number of ether oxygens (including phenoxy) is 1. The quantitative estimate of drug-likeness (QED) is 0.703. The molecule has 0 aromatic carbocycles. The summed E-state index contributed by atoms with van der Waals surface area (Å²) in [6, 6.07) is 3.70. The van der Waals surface area contributed by atoms with Crippen molar-refractivity contribution in [3.63, 3.8) is 0 Å². The molecule has 5 heteroatoms. The van der Waals surface area contributed by atoms with Crippen LogP contribution in [-0.4, -0.2) is 21.6 Å². The number of methoxy groups -OCH3 is 1. The molecule has 68 valence electrons. The lowest BCUT2D eigenvalue weighted by Gasteiger charge is -1.98. The summed E-state index contributed by atoms with van der Waals surface area (Å²) in [5, 5.41) is 0. The molecule has 2 aromatic rings. The highest BCUT2D eigenvalue weighted by atomic mass is 32.1. The van der Waals surface area contributed by atoms with Gasteiger partial charge >= 0.3 is 0 Å². The fourth-order valence-corrected chi connectivity index (χ4v) is 1.39. The number of aromatic nitrogens is 3. The smallest absolute Gasteiger partial charge is 0.215 e. The van der Waals surface area contributed by atoms with Gasteiger partial charge in [-0.3, -0.25) is 0 Å². The summed E-state index contributed by atoms with van der Waals surface area (Å²) < 4.78 is 7.49. The number of nitrogens with one attached hydrogen (secondary N) is 1. The summed E-state index contributed by atoms with van der Waals surface area (Å²) in [4.78, 5) is 7.29. The van der Waals surface area contributed by atoms with Gasteiger partial charge in [-0.2, -0.15) is 4.98 Å². The first-order chi connectivity index (χ1) is 6.22. The summed E-state index contributed by atoms with van der Waals surface area (Å²) >= 11 is 5.06. The highest BCUT2D eigenvalue weighted by molar-refractivity contribution is 7.71. The third kappa shape index (κ3) is 1.21. The van der Waals surface area contributed by atoms with Crippen molar-refractivity contribution in [1.29, 1.82) is 0 Å². The highest BCUT2D eigenvalue weighted by Crippen LogP contribution is 2.14. The second-order valence-electron chi connectivity index (χ2n) is 2.71. The van der Waals surface area contributed by atoms with E-state index in [0.29, 0.717) is 10.7 Å². The molecule has 2 rings (SSSR count). The topological polar surface area (TPSA) is 42.8 Å². The zero-order valence-electron chi connectivity index (χ0n) is 7.37. The summed E-state index contributed by atoms with van der Waals surface area (Å²) in [5.41, 5.74) is 1.73. The first-order valence-electron chi connectivity index (χ1n) is 3.82. The third-order valence-corrected chi connectivity index (χ3v) is 2.30. The van der Waals surface area contributed by atoms with Crippen molar-refractivity contribution in [2.24, 2.45) is 7.05 Å². The van der Waals surface area contributed by atoms with Gasteiger partial charge in [-0.05, 0) is 18.3 Å². The van der Waals surface area contributed by atoms with Crippen LogP contribution in [0.1, 0.15) is 0 Å². The maximum Gasteiger partial charge on any atom is 0.215 e. The number of fused-ring (bicyclic) bond motifs is 1. The van der Waals surface area contributed by atoms with Crippen LogP contribution >= 0.6 is 12.2 Å². The Morgan fingerprint density at radius 2 is 2.31 bits per heavy atom. The number of hydrogen-bond donors (Lipinski definition) is 1. The molecule has 2 aromatic heterocycles. The van der Waals surface area contributed by atoms with E-state index in [1.165, 1.54) is 0 Å². The Hall–Kier alpha value is -1.36. The van der Waals surface area contributed by atoms with Crippen LogP contribution in [0, 0.1) is 4.77 Å². The average Bonchev–Trinajstić information content (AvgIpc) is 2.43. The van der Waals surface area contributed by atoms with E-state index in [4.69, 9.17) is 17.0 Å². The fourth-order valence-electron chi connectivity index (χ4n) is 1.19. The molecule has 0 saturated heterocycles. The van der Waals surface area contributed by atoms with Gasteiger partial charge in [0.05, 0.1) is 12.6 Å². The second-order valence-corrected chi connectivity index (χ2v) is 3.10. The molecule has 0 atom stereocenters. The Balaban J connectivity index is 2.82. The predicted molar refractivity (Wildman–Crippen MR) is 52.5 cm³/mol. The Morgan fingerprint density at radius 1 is 1.54 bits per heavy atom. The predicted octanol–water partition coefficient (Wildman–Crippen LogP) is 1.64. The molecule has 0 spiro atoms. The maximum atomic E-state index is 5.06. The van der Waals surface area contributed by atoms with E-state index in [0.717, 1.165) is 11.2 Å². The largest absolute Gasteiger partial charge is 0.481 e. The van der Waals surface area contributed by atoms with Gasteiger partial charge in [-0.15, -0.1) is 0 Å². The normalized spacial score (nSPS) is 10.6. The van der Waals surface area contributed by atoms with Gasteiger partial charge in [-0.25, -0.2) is 0 Å². The number of hydrogen-bond acceptors (Lipinski definition) is 3. The van der Waals surface area contributed by atoms with Crippen LogP contribution in [0.15, 0.2) is 12.1 Å². The first kappa shape index (κ1) is 8.25. The lowest BCUT2D eigenvalue weighted by Crippen LogP contribution is -1.92. The Morgan fingerprint density at radius 3 is 3.00 bits per heavy atom. The number of nitrogens with zero attached hydrogens (tertiary/aromatic N) is 2. The lowest BCUT2D eigenvalue weighted by molar-refractivity contribution is 0.399. The van der Waals surface area contributed by atoms with E-state index in [-0.39, 0.29) is 0 Å². The van der Waals surface area contributed by atoms with Crippen molar-refractivity contribution in [3.05, 3.63) is 16.9 Å². The van der Waals surface area contributed by atoms with Crippen molar-refractivity contribution >= 4 is 23.4 Å². The van der Waals surface area contributed by atoms with E-state index in [9.17, 15) is 0 Å². The van der Waals surface area contributed by atoms with Gasteiger partial charge in [0.2, 0.25) is 5.88 Å². The van der Waals surface area contributed by atoms with Gasteiger partial charge < -0.3 is 14.3 Å². The van der Waals surface area contributed by atoms with Crippen LogP contribution in [0.5, 0.6) is 5.88 Å². The molecule has 2 heterocycles. The molecular weight excluding hydrogens is 186 g/mol. The molecule has 1 N–H and O–H groups in total. The molecule has 13 heavy (non-hydrogen) atoms. The summed E-state index contributed by atoms with van der Waals surface area (Å²) in [5.74, 6) is 0.595. The van der Waals surface area contributed by atoms with E-state index >= 15 is 0 Å². The van der Waals surface area contributed by atoms with Crippen LogP contribution in [0.4, 0.5) is 0 Å². The molecule has 0 aliphatic carbocycles. The minimum atomic E-state index is 0.595. The molecule has 0 fully saturated rings. The maximum absolute atomic E-state index is 5.06. The Labute approximate surface area is 80.2 Å². The van der Waals surface area contributed by atoms with Crippen molar-refractivity contribution in [2.75, 3.05) is 7.11 Å². The van der Waals surface area contributed by atoms with Gasteiger partial charge in [0, 0.05) is 13.1 Å². The van der Waals surface area contributed by atoms with Crippen molar-refractivity contribution in [3.8, 4) is 5.88 Å². The number of pyridine rings is 1. The minimum absolute atomic E-state index is 0.595. The van der Waals surface area contributed by atoms with E-state index < -0.39 is 0 Å². The SMILES string of the molecule is COc1ccc2[nH]c(=S)n(C)c2n1. The van der Waals surface area contributed by atoms with Gasteiger partial charge in [0.25, 0.3) is 0 Å². The standard InChI is InChI=1S/C8H9N3OS/c1-11-7-5(9-8(11)13)3-4-6(10-7)12-2/h3-4H,1-2H3,(H,9,13). The van der Waals surface area contributed by atoms with Gasteiger partial charge in [0.15, 0.2) is 10.4 Å². The second kappa shape index (κ2) is 2.85. The number of rotatable bonds is 1. The van der Waals surface area contributed by atoms with Crippen molar-refractivity contribution < 1.29 is 4.74 Å². The van der Waals surface area contributed by atoms with Crippen LogP contribution in [-0.2, 0) is 7.05 Å². The Kier molecular flexibility index (Phi) is 1.81. The number of aryl methyl sites for hydroxylation is 1. The number of H-pyrrole nitrogens is 1. The molecule has 0 amide bonds. The van der Waals surface area contributed by atoms with Crippen LogP contribution in [0.25, 0.3) is 11.2 Å². The van der Waals surface area contributed by atoms with E-state index in [2.05, 4.69) is 9.97 Å². The van der Waals surface area contributed by atoms with Crippen molar-refractivity contribution in [2.45, 2.75) is 0 Å². The van der Waals surface area contributed by atoms with Crippen LogP contribution < -0.4 is 4.74 Å². The number of imidazole rings is 1. The zero-order chi connectivity index (χ0) is 9.42. The van der Waals surface area contributed by atoms with Crippen molar-refractivity contribution in [1.82, 2.24) is 14.5 Å². The first-order valence-corrected chi connectivity index (χ1v) is 4.23. The molecule has 0 radical (unpaired) electrons. The van der Waals surface area contributed by atoms with Gasteiger partial charge in [-0.1, -0.05) is 0 Å². The molecule has 0 aliphatic heterocycles. The van der Waals surface area contributed by atoms with Gasteiger partial charge in [0.1, 0.15) is 0 Å². The number of aromatic amines is 1. The minimum Gasteiger partial charge on any atom is -0.481 e. The van der Waals surface area contributed by atoms with E-state index in [1.54, 1.807) is 13.2 Å². The Bertz CT molecular complexity index is 500. The van der Waals surface area contributed by atoms with Crippen LogP contribution in [0.3, 0.4) is 0 Å². The summed E-state index contributed by atoms with van der Waals surface area (Å²) in [7, 11) is 3.46. The molecule has 0 aliphatic rings. The third-order valence-electron chi connectivity index (χ3n) is 1.92. The summed E-state index contributed by atoms with van der Waals surface area (Å²) in [6.07, 6.45) is 0. The lowest BCUT2D eigenvalue weighted by atomic mass is 10.4. The molecule has 0 saturated carbocycles. The van der Waals surface area contributed by atoms with Crippen LogP contribution in [0.2, 0.25) is 0 Å². The average molecular weight is 195 g/mol.